The normalized spacial score (nSPS) is 12.4. The first-order chi connectivity index (χ1) is 11.5. The Bertz CT molecular complexity index is 701. The molecule has 1 aromatic rings. The number of aryl methyl sites for hydroxylation is 1. The van der Waals surface area contributed by atoms with Crippen LogP contribution in [-0.2, 0) is 19.6 Å². The van der Waals surface area contributed by atoms with Crippen molar-refractivity contribution in [2.75, 3.05) is 31.6 Å². The minimum absolute atomic E-state index is 0.0326. The second kappa shape index (κ2) is 8.63. The molecule has 142 valence electrons. The van der Waals surface area contributed by atoms with Gasteiger partial charge in [0, 0.05) is 18.8 Å². The molecule has 6 nitrogen and oxygen atoms in total. The molecule has 0 aliphatic carbocycles. The van der Waals surface area contributed by atoms with Crippen LogP contribution in [-0.4, -0.2) is 51.1 Å². The number of hydrogen-bond acceptors (Lipinski definition) is 4. The molecule has 1 N–H and O–H groups in total. The number of sulfonamides is 1. The fourth-order valence-corrected chi connectivity index (χ4v) is 3.82. The summed E-state index contributed by atoms with van der Waals surface area (Å²) in [5.74, 6) is -0.806. The lowest BCUT2D eigenvalue weighted by Crippen LogP contribution is -2.31. The standard InChI is InChI=1S/C15H21F3N2O4S/c1-4-20(5-2)25(22,23)13-8-12(7-6-11(13)3)19-14(21)9-24-10-15(16,17)18/h6-8H,4-5,9-10H2,1-3H3,(H,19,21). The average molecular weight is 382 g/mol. The molecule has 0 aromatic heterocycles. The third-order valence-electron chi connectivity index (χ3n) is 3.29. The highest BCUT2D eigenvalue weighted by molar-refractivity contribution is 7.89. The number of carbonyl (C=O) groups is 1. The second-order valence-electron chi connectivity index (χ2n) is 5.23. The van der Waals surface area contributed by atoms with E-state index >= 15 is 0 Å². The van der Waals surface area contributed by atoms with Crippen LogP contribution < -0.4 is 5.32 Å². The lowest BCUT2D eigenvalue weighted by molar-refractivity contribution is -0.174. The molecule has 0 saturated heterocycles. The van der Waals surface area contributed by atoms with Crippen molar-refractivity contribution in [2.24, 2.45) is 0 Å². The lowest BCUT2D eigenvalue weighted by atomic mass is 10.2. The fourth-order valence-electron chi connectivity index (χ4n) is 2.11. The molecule has 0 radical (unpaired) electrons. The number of rotatable bonds is 8. The fraction of sp³-hybridized carbons (Fsp3) is 0.533. The average Bonchev–Trinajstić information content (AvgIpc) is 2.48. The summed E-state index contributed by atoms with van der Waals surface area (Å²) in [5, 5.41) is 2.33. The van der Waals surface area contributed by atoms with E-state index in [1.165, 1.54) is 22.5 Å². The number of benzene rings is 1. The first kappa shape index (κ1) is 21.4. The van der Waals surface area contributed by atoms with Gasteiger partial charge in [-0.25, -0.2) is 8.42 Å². The zero-order chi connectivity index (χ0) is 19.3. The van der Waals surface area contributed by atoms with Crippen LogP contribution >= 0.6 is 0 Å². The van der Waals surface area contributed by atoms with Crippen LogP contribution in [0.1, 0.15) is 19.4 Å². The van der Waals surface area contributed by atoms with Gasteiger partial charge in [-0.3, -0.25) is 4.79 Å². The Kier molecular flexibility index (Phi) is 7.39. The van der Waals surface area contributed by atoms with Gasteiger partial charge in [-0.15, -0.1) is 0 Å². The highest BCUT2D eigenvalue weighted by Crippen LogP contribution is 2.23. The van der Waals surface area contributed by atoms with Gasteiger partial charge in [0.2, 0.25) is 15.9 Å². The van der Waals surface area contributed by atoms with Crippen molar-refractivity contribution in [3.63, 3.8) is 0 Å². The van der Waals surface area contributed by atoms with Crippen molar-refractivity contribution in [3.05, 3.63) is 23.8 Å². The summed E-state index contributed by atoms with van der Waals surface area (Å²) in [5.41, 5.74) is 0.662. The van der Waals surface area contributed by atoms with Gasteiger partial charge < -0.3 is 10.1 Å². The third-order valence-corrected chi connectivity index (χ3v) is 5.49. The summed E-state index contributed by atoms with van der Waals surface area (Å²) >= 11 is 0. The molecule has 10 heteroatoms. The molecule has 0 unspecified atom stereocenters. The molecule has 0 saturated carbocycles. The highest BCUT2D eigenvalue weighted by atomic mass is 32.2. The molecule has 1 rings (SSSR count). The van der Waals surface area contributed by atoms with Crippen LogP contribution in [0.5, 0.6) is 0 Å². The number of ether oxygens (including phenoxy) is 1. The summed E-state index contributed by atoms with van der Waals surface area (Å²) in [6, 6.07) is 4.27. The molecular weight excluding hydrogens is 361 g/mol. The quantitative estimate of drug-likeness (QED) is 0.750. The minimum atomic E-state index is -4.52. The van der Waals surface area contributed by atoms with Gasteiger partial charge in [0.05, 0.1) is 4.90 Å². The van der Waals surface area contributed by atoms with Crippen molar-refractivity contribution in [1.29, 1.82) is 0 Å². The minimum Gasteiger partial charge on any atom is -0.362 e. The molecule has 1 amide bonds. The van der Waals surface area contributed by atoms with E-state index in [9.17, 15) is 26.4 Å². The monoisotopic (exact) mass is 382 g/mol. The van der Waals surface area contributed by atoms with Crippen LogP contribution in [0.25, 0.3) is 0 Å². The molecule has 25 heavy (non-hydrogen) atoms. The van der Waals surface area contributed by atoms with E-state index in [1.54, 1.807) is 20.8 Å². The number of nitrogens with zero attached hydrogens (tertiary/aromatic N) is 1. The van der Waals surface area contributed by atoms with Gasteiger partial charge >= 0.3 is 6.18 Å². The van der Waals surface area contributed by atoms with Gasteiger partial charge in [-0.1, -0.05) is 19.9 Å². The van der Waals surface area contributed by atoms with E-state index in [2.05, 4.69) is 10.1 Å². The topological polar surface area (TPSA) is 75.7 Å². The van der Waals surface area contributed by atoms with Gasteiger partial charge in [0.1, 0.15) is 13.2 Å². The van der Waals surface area contributed by atoms with Gasteiger partial charge in [0.25, 0.3) is 0 Å². The third kappa shape index (κ3) is 6.29. The number of hydrogen-bond donors (Lipinski definition) is 1. The summed E-state index contributed by atoms with van der Waals surface area (Å²) in [7, 11) is -3.72. The van der Waals surface area contributed by atoms with Crippen LogP contribution in [0.3, 0.4) is 0 Å². The van der Waals surface area contributed by atoms with Crippen molar-refractivity contribution < 1.29 is 31.1 Å². The maximum absolute atomic E-state index is 12.6. The molecule has 0 heterocycles. The predicted octanol–water partition coefficient (Wildman–Crippen LogP) is 2.54. The van der Waals surface area contributed by atoms with E-state index in [0.717, 1.165) is 0 Å². The summed E-state index contributed by atoms with van der Waals surface area (Å²) in [6.07, 6.45) is -4.52. The Labute approximate surface area is 145 Å². The Balaban J connectivity index is 2.90. The van der Waals surface area contributed by atoms with Crippen LogP contribution in [0, 0.1) is 6.92 Å². The molecule has 0 spiro atoms. The van der Waals surface area contributed by atoms with Gasteiger partial charge in [0.15, 0.2) is 0 Å². The molecule has 0 aliphatic heterocycles. The smallest absolute Gasteiger partial charge is 0.362 e. The molecule has 0 bridgehead atoms. The lowest BCUT2D eigenvalue weighted by Gasteiger charge is -2.20. The molecule has 0 aliphatic rings. The SMILES string of the molecule is CCN(CC)S(=O)(=O)c1cc(NC(=O)COCC(F)(F)F)ccc1C. The maximum Gasteiger partial charge on any atom is 0.411 e. The Morgan fingerprint density at radius 2 is 1.84 bits per heavy atom. The maximum atomic E-state index is 12.6. The Hall–Kier alpha value is -1.65. The number of amides is 1. The van der Waals surface area contributed by atoms with Crippen LogP contribution in [0.4, 0.5) is 18.9 Å². The van der Waals surface area contributed by atoms with Crippen molar-refractivity contribution in [1.82, 2.24) is 4.31 Å². The predicted molar refractivity (Wildman–Crippen MR) is 86.8 cm³/mol. The van der Waals surface area contributed by atoms with E-state index in [4.69, 9.17) is 0 Å². The molecule has 0 atom stereocenters. The first-order valence-corrected chi connectivity index (χ1v) is 9.00. The van der Waals surface area contributed by atoms with Gasteiger partial charge in [-0.2, -0.15) is 17.5 Å². The largest absolute Gasteiger partial charge is 0.411 e. The zero-order valence-electron chi connectivity index (χ0n) is 14.2. The molecule has 0 fully saturated rings. The number of nitrogens with one attached hydrogen (secondary N) is 1. The van der Waals surface area contributed by atoms with Crippen LogP contribution in [0.2, 0.25) is 0 Å². The highest BCUT2D eigenvalue weighted by Gasteiger charge is 2.28. The number of halogens is 3. The Morgan fingerprint density at radius 3 is 2.36 bits per heavy atom. The molecular formula is C15H21F3N2O4S. The first-order valence-electron chi connectivity index (χ1n) is 7.56. The second-order valence-corrected chi connectivity index (χ2v) is 7.13. The van der Waals surface area contributed by atoms with Crippen LogP contribution in [0.15, 0.2) is 23.1 Å². The Morgan fingerprint density at radius 1 is 1.24 bits per heavy atom. The number of carbonyl (C=O) groups excluding carboxylic acids is 1. The number of anilines is 1. The van der Waals surface area contributed by atoms with E-state index in [1.807, 2.05) is 0 Å². The molecule has 1 aromatic carbocycles. The summed E-state index contributed by atoms with van der Waals surface area (Å²) in [4.78, 5) is 11.7. The van der Waals surface area contributed by atoms with Crippen molar-refractivity contribution in [2.45, 2.75) is 31.8 Å². The summed E-state index contributed by atoms with van der Waals surface area (Å²) in [6.45, 7) is 3.30. The van der Waals surface area contributed by atoms with E-state index < -0.39 is 35.3 Å². The van der Waals surface area contributed by atoms with Crippen molar-refractivity contribution >= 4 is 21.6 Å². The van der Waals surface area contributed by atoms with E-state index in [0.29, 0.717) is 18.7 Å². The summed E-state index contributed by atoms with van der Waals surface area (Å²) < 4.78 is 66.7. The van der Waals surface area contributed by atoms with Gasteiger partial charge in [-0.05, 0) is 24.6 Å². The number of alkyl halides is 3. The van der Waals surface area contributed by atoms with Crippen molar-refractivity contribution in [3.8, 4) is 0 Å². The van der Waals surface area contributed by atoms with E-state index in [-0.39, 0.29) is 10.6 Å². The zero-order valence-corrected chi connectivity index (χ0v) is 15.0.